The van der Waals surface area contributed by atoms with E-state index in [4.69, 9.17) is 4.74 Å². The summed E-state index contributed by atoms with van der Waals surface area (Å²) in [5.41, 5.74) is 2.24. The van der Waals surface area contributed by atoms with Crippen LogP contribution in [0.3, 0.4) is 0 Å². The number of nitrogens with one attached hydrogen (secondary N) is 2. The molecular formula is C12H23N3O. The Labute approximate surface area is 97.8 Å². The third kappa shape index (κ3) is 5.28. The van der Waals surface area contributed by atoms with E-state index in [2.05, 4.69) is 29.1 Å². The van der Waals surface area contributed by atoms with E-state index in [0.717, 1.165) is 44.1 Å². The van der Waals surface area contributed by atoms with Gasteiger partial charge in [-0.3, -0.25) is 0 Å². The molecule has 0 bridgehead atoms. The van der Waals surface area contributed by atoms with Gasteiger partial charge >= 0.3 is 0 Å². The van der Waals surface area contributed by atoms with Gasteiger partial charge in [-0.1, -0.05) is 13.8 Å². The number of hydrogen-bond acceptors (Lipinski definition) is 3. The van der Waals surface area contributed by atoms with Gasteiger partial charge in [-0.2, -0.15) is 0 Å². The van der Waals surface area contributed by atoms with Gasteiger partial charge in [0.15, 0.2) is 0 Å². The monoisotopic (exact) mass is 225 g/mol. The Bertz CT molecular complexity index is 284. The van der Waals surface area contributed by atoms with Crippen molar-refractivity contribution < 1.29 is 4.74 Å². The second-order valence-corrected chi connectivity index (χ2v) is 4.47. The molecule has 0 aliphatic heterocycles. The lowest BCUT2D eigenvalue weighted by molar-refractivity contribution is 0.108. The van der Waals surface area contributed by atoms with Gasteiger partial charge in [0, 0.05) is 25.5 Å². The van der Waals surface area contributed by atoms with Crippen molar-refractivity contribution >= 4 is 0 Å². The smallest absolute Gasteiger partial charge is 0.0925 e. The van der Waals surface area contributed by atoms with Crippen molar-refractivity contribution in [2.75, 3.05) is 19.8 Å². The van der Waals surface area contributed by atoms with Gasteiger partial charge < -0.3 is 15.0 Å². The van der Waals surface area contributed by atoms with Crippen LogP contribution in [0.2, 0.25) is 0 Å². The molecule has 0 spiro atoms. The Balaban J connectivity index is 1.94. The Morgan fingerprint density at radius 1 is 1.50 bits per heavy atom. The molecule has 0 fully saturated rings. The maximum absolute atomic E-state index is 5.49. The topological polar surface area (TPSA) is 49.9 Å². The van der Waals surface area contributed by atoms with Crippen LogP contribution in [0.25, 0.3) is 0 Å². The molecule has 0 amide bonds. The van der Waals surface area contributed by atoms with Crippen molar-refractivity contribution in [3.05, 3.63) is 17.7 Å². The molecule has 2 N–H and O–H groups in total. The first kappa shape index (κ1) is 13.2. The Morgan fingerprint density at radius 3 is 2.94 bits per heavy atom. The zero-order valence-electron chi connectivity index (χ0n) is 10.5. The average Bonchev–Trinajstić information content (AvgIpc) is 2.62. The zero-order valence-corrected chi connectivity index (χ0v) is 10.5. The fraction of sp³-hybridized carbons (Fsp3) is 0.750. The van der Waals surface area contributed by atoms with Gasteiger partial charge in [0.1, 0.15) is 0 Å². The predicted octanol–water partition coefficient (Wildman–Crippen LogP) is 1.87. The van der Waals surface area contributed by atoms with E-state index < -0.39 is 0 Å². The molecule has 0 saturated heterocycles. The van der Waals surface area contributed by atoms with Crippen LogP contribution >= 0.6 is 0 Å². The standard InChI is InChI=1S/C12H23N3O/c1-10(2)8-16-6-4-5-13-7-12-11(3)14-9-15-12/h9-10,13H,4-8H2,1-3H3,(H,14,15). The zero-order chi connectivity index (χ0) is 11.8. The molecule has 92 valence electrons. The van der Waals surface area contributed by atoms with Crippen LogP contribution in [0.4, 0.5) is 0 Å². The molecule has 0 saturated carbocycles. The molecule has 4 heteroatoms. The van der Waals surface area contributed by atoms with E-state index in [0.29, 0.717) is 5.92 Å². The lowest BCUT2D eigenvalue weighted by atomic mass is 10.2. The highest BCUT2D eigenvalue weighted by Gasteiger charge is 1.99. The van der Waals surface area contributed by atoms with Crippen molar-refractivity contribution in [2.24, 2.45) is 5.92 Å². The molecule has 16 heavy (non-hydrogen) atoms. The normalized spacial score (nSPS) is 11.2. The van der Waals surface area contributed by atoms with E-state index >= 15 is 0 Å². The molecule has 1 aromatic rings. The van der Waals surface area contributed by atoms with Crippen LogP contribution in [-0.2, 0) is 11.3 Å². The minimum Gasteiger partial charge on any atom is -0.381 e. The predicted molar refractivity (Wildman–Crippen MR) is 65.3 cm³/mol. The molecule has 0 aliphatic carbocycles. The molecule has 1 heterocycles. The highest BCUT2D eigenvalue weighted by molar-refractivity contribution is 5.07. The van der Waals surface area contributed by atoms with Gasteiger partial charge in [-0.25, -0.2) is 4.98 Å². The highest BCUT2D eigenvalue weighted by atomic mass is 16.5. The van der Waals surface area contributed by atoms with Crippen molar-refractivity contribution in [3.8, 4) is 0 Å². The van der Waals surface area contributed by atoms with Crippen LogP contribution in [0.5, 0.6) is 0 Å². The van der Waals surface area contributed by atoms with Crippen LogP contribution in [0, 0.1) is 12.8 Å². The second-order valence-electron chi connectivity index (χ2n) is 4.47. The first-order valence-corrected chi connectivity index (χ1v) is 5.97. The number of imidazole rings is 1. The van der Waals surface area contributed by atoms with Crippen LogP contribution < -0.4 is 5.32 Å². The van der Waals surface area contributed by atoms with Crippen molar-refractivity contribution in [3.63, 3.8) is 0 Å². The maximum atomic E-state index is 5.49. The Kier molecular flexibility index (Phi) is 6.11. The van der Waals surface area contributed by atoms with Crippen LogP contribution in [0.15, 0.2) is 6.33 Å². The van der Waals surface area contributed by atoms with Crippen LogP contribution in [0.1, 0.15) is 31.7 Å². The van der Waals surface area contributed by atoms with Crippen molar-refractivity contribution in [1.29, 1.82) is 0 Å². The fourth-order valence-electron chi connectivity index (χ4n) is 1.39. The highest BCUT2D eigenvalue weighted by Crippen LogP contribution is 1.99. The molecule has 0 radical (unpaired) electrons. The second kappa shape index (κ2) is 7.41. The number of hydrogen-bond donors (Lipinski definition) is 2. The number of aromatic nitrogens is 2. The minimum atomic E-state index is 0.625. The number of nitrogens with zero attached hydrogens (tertiary/aromatic N) is 1. The van der Waals surface area contributed by atoms with Gasteiger partial charge in [-0.05, 0) is 25.8 Å². The average molecular weight is 225 g/mol. The number of rotatable bonds is 8. The summed E-state index contributed by atoms with van der Waals surface area (Å²) in [6.07, 6.45) is 2.79. The Morgan fingerprint density at radius 2 is 2.31 bits per heavy atom. The van der Waals surface area contributed by atoms with E-state index in [-0.39, 0.29) is 0 Å². The summed E-state index contributed by atoms with van der Waals surface area (Å²) in [6.45, 7) is 9.88. The van der Waals surface area contributed by atoms with Crippen molar-refractivity contribution in [1.82, 2.24) is 15.3 Å². The number of aromatic amines is 1. The summed E-state index contributed by atoms with van der Waals surface area (Å²) in [5, 5.41) is 3.35. The van der Waals surface area contributed by atoms with Crippen molar-refractivity contribution in [2.45, 2.75) is 33.7 Å². The molecule has 4 nitrogen and oxygen atoms in total. The third-order valence-electron chi connectivity index (χ3n) is 2.32. The summed E-state index contributed by atoms with van der Waals surface area (Å²) < 4.78 is 5.49. The van der Waals surface area contributed by atoms with Gasteiger partial charge in [0.25, 0.3) is 0 Å². The molecular weight excluding hydrogens is 202 g/mol. The van der Waals surface area contributed by atoms with Gasteiger partial charge in [0.2, 0.25) is 0 Å². The molecule has 1 rings (SSSR count). The summed E-state index contributed by atoms with van der Waals surface area (Å²) in [7, 11) is 0. The van der Waals surface area contributed by atoms with Gasteiger partial charge in [0.05, 0.1) is 12.0 Å². The Hall–Kier alpha value is -0.870. The first-order chi connectivity index (χ1) is 7.70. The maximum Gasteiger partial charge on any atom is 0.0925 e. The van der Waals surface area contributed by atoms with E-state index in [1.807, 2.05) is 6.92 Å². The third-order valence-corrected chi connectivity index (χ3v) is 2.32. The molecule has 1 aromatic heterocycles. The first-order valence-electron chi connectivity index (χ1n) is 5.97. The number of H-pyrrole nitrogens is 1. The summed E-state index contributed by atoms with van der Waals surface area (Å²) >= 11 is 0. The van der Waals surface area contributed by atoms with E-state index in [9.17, 15) is 0 Å². The van der Waals surface area contributed by atoms with E-state index in [1.54, 1.807) is 6.33 Å². The number of ether oxygens (including phenoxy) is 1. The molecule has 0 unspecified atom stereocenters. The lowest BCUT2D eigenvalue weighted by Crippen LogP contribution is -2.17. The summed E-state index contributed by atoms with van der Waals surface area (Å²) in [4.78, 5) is 7.29. The summed E-state index contributed by atoms with van der Waals surface area (Å²) in [6, 6.07) is 0. The minimum absolute atomic E-state index is 0.625. The fourth-order valence-corrected chi connectivity index (χ4v) is 1.39. The summed E-state index contributed by atoms with van der Waals surface area (Å²) in [5.74, 6) is 0.625. The van der Waals surface area contributed by atoms with E-state index in [1.165, 1.54) is 0 Å². The van der Waals surface area contributed by atoms with Gasteiger partial charge in [-0.15, -0.1) is 0 Å². The molecule has 0 atom stereocenters. The lowest BCUT2D eigenvalue weighted by Gasteiger charge is -2.07. The quantitative estimate of drug-likeness (QED) is 0.664. The SMILES string of the molecule is Cc1[nH]cnc1CNCCCOCC(C)C. The molecule has 0 aromatic carbocycles. The van der Waals surface area contributed by atoms with Crippen LogP contribution in [-0.4, -0.2) is 29.7 Å². The molecule has 0 aliphatic rings. The largest absolute Gasteiger partial charge is 0.381 e. The number of aryl methyl sites for hydroxylation is 1.